The van der Waals surface area contributed by atoms with Crippen molar-refractivity contribution in [3.8, 4) is 0 Å². The fraction of sp³-hybridized carbons (Fsp3) is 0.462. The molecule has 0 amide bonds. The summed E-state index contributed by atoms with van der Waals surface area (Å²) in [5, 5.41) is 0. The van der Waals surface area contributed by atoms with E-state index in [1.165, 1.54) is 11.4 Å². The van der Waals surface area contributed by atoms with Crippen LogP contribution in [-0.2, 0) is 25.2 Å². The zero-order chi connectivity index (χ0) is 14.6. The van der Waals surface area contributed by atoms with Crippen molar-refractivity contribution in [2.45, 2.75) is 5.75 Å². The lowest BCUT2D eigenvalue weighted by molar-refractivity contribution is 0.0600. The van der Waals surface area contributed by atoms with Gasteiger partial charge in [0.15, 0.2) is 0 Å². The minimum absolute atomic E-state index is 0.0749. The molecule has 1 aliphatic heterocycles. The number of rotatable bonds is 4. The third-order valence-corrected chi connectivity index (χ3v) is 4.94. The first-order chi connectivity index (χ1) is 9.53. The van der Waals surface area contributed by atoms with Crippen molar-refractivity contribution < 1.29 is 22.7 Å². The Balaban J connectivity index is 2.07. The second-order valence-corrected chi connectivity index (χ2v) is 6.43. The van der Waals surface area contributed by atoms with Crippen LogP contribution in [-0.4, -0.2) is 52.1 Å². The molecule has 1 aromatic carbocycles. The van der Waals surface area contributed by atoms with Crippen LogP contribution in [0.2, 0.25) is 0 Å². The van der Waals surface area contributed by atoms with Gasteiger partial charge in [0.2, 0.25) is 10.0 Å². The molecular weight excluding hydrogens is 282 g/mol. The number of morpholine rings is 1. The number of carbonyl (C=O) groups excluding carboxylic acids is 1. The third-order valence-electron chi connectivity index (χ3n) is 3.09. The van der Waals surface area contributed by atoms with E-state index < -0.39 is 16.0 Å². The van der Waals surface area contributed by atoms with Crippen molar-refractivity contribution in [1.82, 2.24) is 4.31 Å². The molecule has 0 radical (unpaired) electrons. The van der Waals surface area contributed by atoms with Gasteiger partial charge >= 0.3 is 5.97 Å². The topological polar surface area (TPSA) is 72.9 Å². The molecule has 0 unspecified atom stereocenters. The first kappa shape index (κ1) is 15.0. The Morgan fingerprint density at radius 3 is 2.40 bits per heavy atom. The Morgan fingerprint density at radius 1 is 1.25 bits per heavy atom. The van der Waals surface area contributed by atoms with Crippen molar-refractivity contribution >= 4 is 16.0 Å². The molecule has 1 fully saturated rings. The largest absolute Gasteiger partial charge is 0.465 e. The molecule has 0 atom stereocenters. The normalized spacial score (nSPS) is 16.9. The summed E-state index contributed by atoms with van der Waals surface area (Å²) in [6.07, 6.45) is 0. The Labute approximate surface area is 118 Å². The molecule has 1 heterocycles. The number of sulfonamides is 1. The molecule has 20 heavy (non-hydrogen) atoms. The Morgan fingerprint density at radius 2 is 1.85 bits per heavy atom. The number of esters is 1. The molecule has 0 aliphatic carbocycles. The molecule has 6 nitrogen and oxygen atoms in total. The molecule has 1 aliphatic rings. The maximum absolute atomic E-state index is 12.2. The summed E-state index contributed by atoms with van der Waals surface area (Å²) in [5.74, 6) is -0.512. The van der Waals surface area contributed by atoms with Gasteiger partial charge in [0.05, 0.1) is 31.6 Å². The highest BCUT2D eigenvalue weighted by atomic mass is 32.2. The predicted molar refractivity (Wildman–Crippen MR) is 72.8 cm³/mol. The van der Waals surface area contributed by atoms with Gasteiger partial charge in [-0.25, -0.2) is 13.2 Å². The summed E-state index contributed by atoms with van der Waals surface area (Å²) >= 11 is 0. The van der Waals surface area contributed by atoms with E-state index in [4.69, 9.17) is 4.74 Å². The Hall–Kier alpha value is -1.44. The highest BCUT2D eigenvalue weighted by Gasteiger charge is 2.24. The van der Waals surface area contributed by atoms with Crippen LogP contribution in [0.3, 0.4) is 0 Å². The van der Waals surface area contributed by atoms with Gasteiger partial charge in [-0.1, -0.05) is 12.1 Å². The van der Waals surface area contributed by atoms with E-state index in [1.807, 2.05) is 0 Å². The number of hydrogen-bond donors (Lipinski definition) is 0. The number of nitrogens with zero attached hydrogens (tertiary/aromatic N) is 1. The quantitative estimate of drug-likeness (QED) is 0.763. The first-order valence-corrected chi connectivity index (χ1v) is 7.86. The molecule has 0 aromatic heterocycles. The molecule has 1 saturated heterocycles. The van der Waals surface area contributed by atoms with Gasteiger partial charge in [-0.15, -0.1) is 0 Å². The van der Waals surface area contributed by atoms with Crippen molar-refractivity contribution in [2.75, 3.05) is 33.4 Å². The molecule has 110 valence electrons. The zero-order valence-electron chi connectivity index (χ0n) is 11.2. The Bertz CT molecular complexity index is 561. The van der Waals surface area contributed by atoms with Crippen molar-refractivity contribution in [1.29, 1.82) is 0 Å². The van der Waals surface area contributed by atoms with Gasteiger partial charge in [0.1, 0.15) is 0 Å². The van der Waals surface area contributed by atoms with Crippen LogP contribution in [0.5, 0.6) is 0 Å². The lowest BCUT2D eigenvalue weighted by Gasteiger charge is -2.26. The fourth-order valence-corrected chi connectivity index (χ4v) is 3.48. The van der Waals surface area contributed by atoms with Gasteiger partial charge < -0.3 is 9.47 Å². The number of carbonyl (C=O) groups is 1. The summed E-state index contributed by atoms with van der Waals surface area (Å²) in [5.41, 5.74) is 1.05. The first-order valence-electron chi connectivity index (χ1n) is 6.26. The maximum Gasteiger partial charge on any atom is 0.337 e. The minimum Gasteiger partial charge on any atom is -0.465 e. The zero-order valence-corrected chi connectivity index (χ0v) is 12.1. The van der Waals surface area contributed by atoms with Crippen LogP contribution in [0.15, 0.2) is 24.3 Å². The summed E-state index contributed by atoms with van der Waals surface area (Å²) in [6, 6.07) is 6.39. The second-order valence-electron chi connectivity index (χ2n) is 4.46. The van der Waals surface area contributed by atoms with Gasteiger partial charge in [-0.05, 0) is 17.7 Å². The van der Waals surface area contributed by atoms with Crippen LogP contribution in [0, 0.1) is 0 Å². The van der Waals surface area contributed by atoms with Gasteiger partial charge in [0.25, 0.3) is 0 Å². The Kier molecular flexibility index (Phi) is 4.74. The number of methoxy groups -OCH3 is 1. The number of ether oxygens (including phenoxy) is 2. The van der Waals surface area contributed by atoms with E-state index in [0.717, 1.165) is 0 Å². The molecular formula is C13H17NO5S. The molecule has 0 spiro atoms. The van der Waals surface area contributed by atoms with Crippen LogP contribution >= 0.6 is 0 Å². The highest BCUT2D eigenvalue weighted by molar-refractivity contribution is 7.88. The lowest BCUT2D eigenvalue weighted by atomic mass is 10.1. The standard InChI is InChI=1S/C13H17NO5S/c1-18-13(15)12-4-2-11(3-5-12)10-20(16,17)14-6-8-19-9-7-14/h2-5H,6-10H2,1H3. The third kappa shape index (κ3) is 3.56. The SMILES string of the molecule is COC(=O)c1ccc(CS(=O)(=O)N2CCOCC2)cc1. The molecule has 0 N–H and O–H groups in total. The molecule has 1 aromatic rings. The smallest absolute Gasteiger partial charge is 0.337 e. The van der Waals surface area contributed by atoms with Crippen molar-refractivity contribution in [2.24, 2.45) is 0 Å². The van der Waals surface area contributed by atoms with Crippen molar-refractivity contribution in [3.63, 3.8) is 0 Å². The van der Waals surface area contributed by atoms with Gasteiger partial charge in [-0.3, -0.25) is 0 Å². The van der Waals surface area contributed by atoms with Crippen LogP contribution in [0.25, 0.3) is 0 Å². The average molecular weight is 299 g/mol. The van der Waals surface area contributed by atoms with E-state index in [2.05, 4.69) is 4.74 Å². The van der Waals surface area contributed by atoms with Gasteiger partial charge in [-0.2, -0.15) is 4.31 Å². The van der Waals surface area contributed by atoms with Crippen LogP contribution < -0.4 is 0 Å². The summed E-state index contributed by atoms with van der Waals surface area (Å²) < 4.78 is 35.6. The second kappa shape index (κ2) is 6.34. The summed E-state index contributed by atoms with van der Waals surface area (Å²) in [7, 11) is -2.03. The molecule has 2 rings (SSSR count). The number of hydrogen-bond acceptors (Lipinski definition) is 5. The van der Waals surface area contributed by atoms with E-state index in [1.54, 1.807) is 24.3 Å². The van der Waals surface area contributed by atoms with Crippen molar-refractivity contribution in [3.05, 3.63) is 35.4 Å². The maximum atomic E-state index is 12.2. The highest BCUT2D eigenvalue weighted by Crippen LogP contribution is 2.14. The van der Waals surface area contributed by atoms with E-state index in [9.17, 15) is 13.2 Å². The number of benzene rings is 1. The van der Waals surface area contributed by atoms with E-state index >= 15 is 0 Å². The minimum atomic E-state index is -3.34. The van der Waals surface area contributed by atoms with E-state index in [0.29, 0.717) is 37.4 Å². The average Bonchev–Trinajstić information content (AvgIpc) is 2.48. The van der Waals surface area contributed by atoms with Crippen LogP contribution in [0.4, 0.5) is 0 Å². The van der Waals surface area contributed by atoms with Gasteiger partial charge in [0, 0.05) is 13.1 Å². The lowest BCUT2D eigenvalue weighted by Crippen LogP contribution is -2.41. The molecule has 0 saturated carbocycles. The summed E-state index contributed by atoms with van der Waals surface area (Å²) in [4.78, 5) is 11.3. The predicted octanol–water partition coefficient (Wildman–Crippen LogP) is 0.635. The molecule has 7 heteroatoms. The fourth-order valence-electron chi connectivity index (χ4n) is 1.98. The summed E-state index contributed by atoms with van der Waals surface area (Å²) in [6.45, 7) is 1.65. The van der Waals surface area contributed by atoms with E-state index in [-0.39, 0.29) is 5.75 Å². The molecule has 0 bridgehead atoms. The van der Waals surface area contributed by atoms with Crippen LogP contribution in [0.1, 0.15) is 15.9 Å². The monoisotopic (exact) mass is 299 g/mol.